The zero-order valence-electron chi connectivity index (χ0n) is 12.8. The summed E-state index contributed by atoms with van der Waals surface area (Å²) >= 11 is 1.19. The number of hydrogen-bond donors (Lipinski definition) is 1. The predicted octanol–water partition coefficient (Wildman–Crippen LogP) is 3.05. The Labute approximate surface area is 147 Å². The maximum Gasteiger partial charge on any atom is 0.264 e. The minimum Gasteiger partial charge on any atom is -0.311 e. The molecule has 0 fully saturated rings. The van der Waals surface area contributed by atoms with Crippen LogP contribution in [0.5, 0.6) is 0 Å². The first kappa shape index (κ1) is 17.4. The van der Waals surface area contributed by atoms with Crippen LogP contribution in [0.3, 0.4) is 0 Å². The van der Waals surface area contributed by atoms with Crippen LogP contribution in [-0.4, -0.2) is 23.2 Å². The van der Waals surface area contributed by atoms with Crippen molar-refractivity contribution in [1.29, 1.82) is 0 Å². The average molecular weight is 382 g/mol. The SMILES string of the molecule is Cn1cnnc1Sc1ccccc1NS(=O)(=O)c1cccc(F)c1F. The van der Waals surface area contributed by atoms with Gasteiger partial charge in [0.25, 0.3) is 10.0 Å². The van der Waals surface area contributed by atoms with Gasteiger partial charge in [0.2, 0.25) is 0 Å². The highest BCUT2D eigenvalue weighted by molar-refractivity contribution is 7.99. The van der Waals surface area contributed by atoms with Crippen LogP contribution >= 0.6 is 11.8 Å². The third-order valence-electron chi connectivity index (χ3n) is 3.21. The molecule has 0 atom stereocenters. The van der Waals surface area contributed by atoms with Gasteiger partial charge in [0.1, 0.15) is 11.2 Å². The molecular weight excluding hydrogens is 370 g/mol. The van der Waals surface area contributed by atoms with E-state index in [1.807, 2.05) is 0 Å². The third kappa shape index (κ3) is 3.64. The van der Waals surface area contributed by atoms with E-state index in [-0.39, 0.29) is 5.69 Å². The van der Waals surface area contributed by atoms with Crippen molar-refractivity contribution in [3.63, 3.8) is 0 Å². The molecule has 25 heavy (non-hydrogen) atoms. The molecular formula is C15H12F2N4O2S2. The summed E-state index contributed by atoms with van der Waals surface area (Å²) in [4.78, 5) is -0.218. The van der Waals surface area contributed by atoms with E-state index in [2.05, 4.69) is 14.9 Å². The summed E-state index contributed by atoms with van der Waals surface area (Å²) in [5.41, 5.74) is 0.221. The van der Waals surface area contributed by atoms with E-state index in [4.69, 9.17) is 0 Å². The lowest BCUT2D eigenvalue weighted by Crippen LogP contribution is -2.15. The Kier molecular flexibility index (Phi) is 4.73. The van der Waals surface area contributed by atoms with E-state index in [1.165, 1.54) is 24.2 Å². The first-order valence-corrected chi connectivity index (χ1v) is 9.26. The Morgan fingerprint density at radius 3 is 2.60 bits per heavy atom. The first-order valence-electron chi connectivity index (χ1n) is 6.96. The van der Waals surface area contributed by atoms with Crippen molar-refractivity contribution in [3.05, 3.63) is 60.4 Å². The predicted molar refractivity (Wildman–Crippen MR) is 88.7 cm³/mol. The van der Waals surface area contributed by atoms with Crippen molar-refractivity contribution in [3.8, 4) is 0 Å². The minimum atomic E-state index is -4.30. The summed E-state index contributed by atoms with van der Waals surface area (Å²) in [6, 6.07) is 9.53. The molecule has 0 unspecified atom stereocenters. The van der Waals surface area contributed by atoms with Gasteiger partial charge in [-0.2, -0.15) is 0 Å². The molecule has 3 rings (SSSR count). The summed E-state index contributed by atoms with van der Waals surface area (Å²) in [7, 11) is -2.55. The second-order valence-corrected chi connectivity index (χ2v) is 7.64. The van der Waals surface area contributed by atoms with Gasteiger partial charge in [0.15, 0.2) is 16.8 Å². The third-order valence-corrected chi connectivity index (χ3v) is 5.72. The number of aryl methyl sites for hydroxylation is 1. The molecule has 0 saturated carbocycles. The maximum absolute atomic E-state index is 13.8. The van der Waals surface area contributed by atoms with Crippen LogP contribution in [0, 0.1) is 11.6 Å². The van der Waals surface area contributed by atoms with Crippen LogP contribution in [0.4, 0.5) is 14.5 Å². The van der Waals surface area contributed by atoms with Gasteiger partial charge in [-0.1, -0.05) is 18.2 Å². The fourth-order valence-electron chi connectivity index (χ4n) is 1.99. The first-order chi connectivity index (χ1) is 11.9. The van der Waals surface area contributed by atoms with Crippen molar-refractivity contribution in [2.45, 2.75) is 14.9 Å². The lowest BCUT2D eigenvalue weighted by molar-refractivity contribution is 0.485. The standard InChI is InChI=1S/C15H12F2N4O2S2/c1-21-9-18-19-15(21)24-12-7-3-2-6-11(12)20-25(22,23)13-8-4-5-10(16)14(13)17/h2-9,20H,1H3. The summed E-state index contributed by atoms with van der Waals surface area (Å²) in [6.45, 7) is 0. The van der Waals surface area contributed by atoms with E-state index in [9.17, 15) is 17.2 Å². The summed E-state index contributed by atoms with van der Waals surface area (Å²) < 4.78 is 56.0. The van der Waals surface area contributed by atoms with Gasteiger partial charge in [-0.25, -0.2) is 17.2 Å². The van der Waals surface area contributed by atoms with Gasteiger partial charge < -0.3 is 4.57 Å². The Hall–Kier alpha value is -2.46. The highest BCUT2D eigenvalue weighted by Gasteiger charge is 2.23. The average Bonchev–Trinajstić information content (AvgIpc) is 2.96. The Morgan fingerprint density at radius 2 is 1.88 bits per heavy atom. The molecule has 0 aliphatic carbocycles. The van der Waals surface area contributed by atoms with Gasteiger partial charge in [-0.05, 0) is 36.0 Å². The molecule has 0 spiro atoms. The lowest BCUT2D eigenvalue weighted by atomic mass is 10.3. The van der Waals surface area contributed by atoms with Crippen molar-refractivity contribution < 1.29 is 17.2 Å². The monoisotopic (exact) mass is 382 g/mol. The molecule has 130 valence electrons. The molecule has 0 aliphatic rings. The van der Waals surface area contributed by atoms with Gasteiger partial charge in [0.05, 0.1) is 5.69 Å². The normalized spacial score (nSPS) is 11.5. The molecule has 6 nitrogen and oxygen atoms in total. The van der Waals surface area contributed by atoms with Crippen LogP contribution in [0.15, 0.2) is 63.7 Å². The molecule has 0 amide bonds. The molecule has 1 N–H and O–H groups in total. The number of aromatic nitrogens is 3. The molecule has 0 aliphatic heterocycles. The number of anilines is 1. The quantitative estimate of drug-likeness (QED) is 0.734. The van der Waals surface area contributed by atoms with Crippen molar-refractivity contribution in [2.24, 2.45) is 7.05 Å². The number of para-hydroxylation sites is 1. The number of benzene rings is 2. The van der Waals surface area contributed by atoms with Crippen LogP contribution in [0.25, 0.3) is 0 Å². The number of rotatable bonds is 5. The van der Waals surface area contributed by atoms with E-state index < -0.39 is 26.6 Å². The fraction of sp³-hybridized carbons (Fsp3) is 0.0667. The van der Waals surface area contributed by atoms with Crippen molar-refractivity contribution in [1.82, 2.24) is 14.8 Å². The van der Waals surface area contributed by atoms with Crippen LogP contribution in [0.2, 0.25) is 0 Å². The van der Waals surface area contributed by atoms with Crippen LogP contribution in [-0.2, 0) is 17.1 Å². The highest BCUT2D eigenvalue weighted by Crippen LogP contribution is 2.33. The van der Waals surface area contributed by atoms with Gasteiger partial charge in [0, 0.05) is 11.9 Å². The Balaban J connectivity index is 1.95. The van der Waals surface area contributed by atoms with Crippen molar-refractivity contribution >= 4 is 27.5 Å². The summed E-state index contributed by atoms with van der Waals surface area (Å²) in [5.74, 6) is -2.65. The number of halogens is 2. The largest absolute Gasteiger partial charge is 0.311 e. The molecule has 3 aromatic rings. The summed E-state index contributed by atoms with van der Waals surface area (Å²) in [6.07, 6.45) is 1.51. The molecule has 0 saturated heterocycles. The molecule has 10 heteroatoms. The Morgan fingerprint density at radius 1 is 1.12 bits per heavy atom. The van der Waals surface area contributed by atoms with Crippen molar-refractivity contribution in [2.75, 3.05) is 4.72 Å². The smallest absolute Gasteiger partial charge is 0.264 e. The van der Waals surface area contributed by atoms with E-state index in [1.54, 1.807) is 29.8 Å². The number of hydrogen-bond acceptors (Lipinski definition) is 5. The lowest BCUT2D eigenvalue weighted by Gasteiger charge is -2.12. The zero-order valence-corrected chi connectivity index (χ0v) is 14.5. The minimum absolute atomic E-state index is 0.221. The fourth-order valence-corrected chi connectivity index (χ4v) is 4.08. The van der Waals surface area contributed by atoms with Gasteiger partial charge in [-0.15, -0.1) is 10.2 Å². The molecule has 1 heterocycles. The van der Waals surface area contributed by atoms with E-state index in [0.717, 1.165) is 18.2 Å². The van der Waals surface area contributed by atoms with Crippen LogP contribution in [0.1, 0.15) is 0 Å². The Bertz CT molecular complexity index is 1020. The van der Waals surface area contributed by atoms with E-state index >= 15 is 0 Å². The van der Waals surface area contributed by atoms with Crippen LogP contribution < -0.4 is 4.72 Å². The van der Waals surface area contributed by atoms with Gasteiger partial charge in [-0.3, -0.25) is 4.72 Å². The van der Waals surface area contributed by atoms with Gasteiger partial charge >= 0.3 is 0 Å². The maximum atomic E-state index is 13.8. The molecule has 0 bridgehead atoms. The summed E-state index contributed by atoms with van der Waals surface area (Å²) in [5, 5.41) is 8.22. The second-order valence-electron chi connectivity index (χ2n) is 4.98. The highest BCUT2D eigenvalue weighted by atomic mass is 32.2. The topological polar surface area (TPSA) is 76.9 Å². The number of nitrogens with one attached hydrogen (secondary N) is 1. The number of sulfonamides is 1. The number of nitrogens with zero attached hydrogens (tertiary/aromatic N) is 3. The molecule has 1 aromatic heterocycles. The van der Waals surface area contributed by atoms with E-state index in [0.29, 0.717) is 10.1 Å². The second kappa shape index (κ2) is 6.81. The molecule has 2 aromatic carbocycles. The zero-order chi connectivity index (χ0) is 18.0. The molecule has 0 radical (unpaired) electrons.